The Labute approximate surface area is 503 Å². The van der Waals surface area contributed by atoms with Crippen LogP contribution in [0.15, 0.2) is 94.5 Å². The lowest BCUT2D eigenvalue weighted by Gasteiger charge is -2.43. The van der Waals surface area contributed by atoms with Gasteiger partial charge in [0.1, 0.15) is 48.6 Å². The standard InChI is InChI=1S/C66H86F2N10O8/c1-43-31-75(37-59(79)77-41-65(3,4)61-57(77)26-47(63(81)71(61)7)24-45-12-16-49(67)17-13-45)51(29-69-43)33-73-20-22-83-55(35-73)39-85-53-10-9-11-54(28-53)86-40-56-36-74(21-23-84-56)34-52-30-70-44(2)32-76(52)38-60(80)78-42-66(5,6)62-58(78)27-48(64(82)72(62)8)25-46-14-18-50(68)19-15-46/h9-19,26-28,43-44,51-52,55-56,69-70H,20-25,29-42H2,1-8H3/t43-,44-,51-,52-,55+,56+/m1/s1. The highest BCUT2D eigenvalue weighted by atomic mass is 19.1. The highest BCUT2D eigenvalue weighted by Crippen LogP contribution is 2.42. The highest BCUT2D eigenvalue weighted by molar-refractivity contribution is 5.98. The predicted molar refractivity (Wildman–Crippen MR) is 328 cm³/mol. The Hall–Kier alpha value is -6.36. The molecule has 0 radical (unpaired) electrons. The number of ether oxygens (including phenoxy) is 4. The summed E-state index contributed by atoms with van der Waals surface area (Å²) in [6, 6.07) is 24.4. The van der Waals surface area contributed by atoms with E-state index in [0.29, 0.717) is 88.1 Å². The van der Waals surface area contributed by atoms with E-state index in [-0.39, 0.29) is 84.0 Å². The number of anilines is 2. The number of benzene rings is 3. The van der Waals surface area contributed by atoms with Gasteiger partial charge in [0.25, 0.3) is 11.1 Å². The van der Waals surface area contributed by atoms with Gasteiger partial charge in [0, 0.05) is 158 Å². The highest BCUT2D eigenvalue weighted by Gasteiger charge is 2.44. The van der Waals surface area contributed by atoms with Crippen molar-refractivity contribution in [3.63, 3.8) is 0 Å². The maximum Gasteiger partial charge on any atom is 0.254 e. The molecule has 0 bridgehead atoms. The summed E-state index contributed by atoms with van der Waals surface area (Å²) in [4.78, 5) is 69.6. The van der Waals surface area contributed by atoms with Crippen molar-refractivity contribution in [3.8, 4) is 11.5 Å². The Morgan fingerprint density at radius 2 is 1.00 bits per heavy atom. The van der Waals surface area contributed by atoms with Crippen LogP contribution in [0.25, 0.3) is 0 Å². The van der Waals surface area contributed by atoms with Crippen LogP contribution in [0.4, 0.5) is 20.2 Å². The third-order valence-corrected chi connectivity index (χ3v) is 18.3. The molecule has 3 aromatic carbocycles. The zero-order valence-corrected chi connectivity index (χ0v) is 51.3. The maximum absolute atomic E-state index is 14.5. The van der Waals surface area contributed by atoms with E-state index in [4.69, 9.17) is 18.9 Å². The molecule has 0 aliphatic carbocycles. The van der Waals surface area contributed by atoms with Gasteiger partial charge in [-0.3, -0.25) is 38.8 Å². The first-order valence-electron chi connectivity index (χ1n) is 30.7. The third kappa shape index (κ3) is 13.8. The fourth-order valence-electron chi connectivity index (χ4n) is 14.1. The number of carbonyl (C=O) groups is 2. The van der Waals surface area contributed by atoms with Gasteiger partial charge in [-0.05, 0) is 73.5 Å². The molecule has 11 rings (SSSR count). The molecule has 0 saturated carbocycles. The number of morpholine rings is 2. The summed E-state index contributed by atoms with van der Waals surface area (Å²) >= 11 is 0. The molecule has 86 heavy (non-hydrogen) atoms. The Bertz CT molecular complexity index is 3160. The number of halogens is 2. The molecule has 8 heterocycles. The van der Waals surface area contributed by atoms with E-state index in [2.05, 4.69) is 71.8 Å². The van der Waals surface area contributed by atoms with Crippen molar-refractivity contribution in [1.29, 1.82) is 0 Å². The van der Waals surface area contributed by atoms with Crippen LogP contribution >= 0.6 is 0 Å². The quantitative estimate of drug-likeness (QED) is 0.125. The van der Waals surface area contributed by atoms with Crippen LogP contribution in [0.1, 0.15) is 75.2 Å². The second-order valence-corrected chi connectivity index (χ2v) is 26.3. The van der Waals surface area contributed by atoms with Crippen molar-refractivity contribution in [3.05, 3.63) is 151 Å². The molecule has 462 valence electrons. The van der Waals surface area contributed by atoms with Crippen LogP contribution in [-0.2, 0) is 56.8 Å². The molecule has 6 aliphatic heterocycles. The van der Waals surface area contributed by atoms with E-state index < -0.39 is 10.8 Å². The number of hydrogen-bond acceptors (Lipinski definition) is 14. The minimum absolute atomic E-state index is 0.000272. The van der Waals surface area contributed by atoms with Gasteiger partial charge in [-0.25, -0.2) is 8.78 Å². The maximum atomic E-state index is 14.5. The molecule has 0 spiro atoms. The molecule has 20 heteroatoms. The van der Waals surface area contributed by atoms with Gasteiger partial charge in [0.15, 0.2) is 0 Å². The molecule has 0 unspecified atom stereocenters. The summed E-state index contributed by atoms with van der Waals surface area (Å²) in [5, 5.41) is 7.30. The Morgan fingerprint density at radius 3 is 1.41 bits per heavy atom. The van der Waals surface area contributed by atoms with Crippen molar-refractivity contribution < 1.29 is 37.3 Å². The van der Waals surface area contributed by atoms with Crippen LogP contribution in [-0.4, -0.2) is 195 Å². The van der Waals surface area contributed by atoms with Gasteiger partial charge >= 0.3 is 0 Å². The first-order chi connectivity index (χ1) is 41.1. The number of amides is 2. The van der Waals surface area contributed by atoms with Crippen LogP contribution in [0.5, 0.6) is 11.5 Å². The van der Waals surface area contributed by atoms with Crippen LogP contribution in [0, 0.1) is 11.6 Å². The third-order valence-electron chi connectivity index (χ3n) is 18.3. The number of nitrogens with one attached hydrogen (secondary N) is 2. The monoisotopic (exact) mass is 1180 g/mol. The summed E-state index contributed by atoms with van der Waals surface area (Å²) in [5.41, 5.74) is 4.92. The number of piperazine rings is 2. The number of hydrogen-bond donors (Lipinski definition) is 2. The summed E-state index contributed by atoms with van der Waals surface area (Å²) in [6.45, 7) is 23.2. The average molecular weight is 1190 g/mol. The van der Waals surface area contributed by atoms with E-state index in [9.17, 15) is 28.0 Å². The molecule has 2 aromatic heterocycles. The predicted octanol–water partition coefficient (Wildman–Crippen LogP) is 4.68. The van der Waals surface area contributed by atoms with E-state index in [1.54, 1.807) is 47.5 Å². The van der Waals surface area contributed by atoms with Crippen molar-refractivity contribution in [2.24, 2.45) is 14.1 Å². The molecule has 6 aliphatic rings. The SMILES string of the molecule is C[C@@H]1CN(CC(=O)N2CC(C)(C)c3c2cc(Cc2ccc(F)cc2)c(=O)n3C)[C@@H](CN2CCO[C@H](COc3cccc(OC[C@@H]4CN(C[C@H]5CN[C@H](C)CN5CC(=O)N5CC(C)(C)c6c5cc(Cc5ccc(F)cc5)c(=O)n6C)CCO4)c3)C2)CN1. The Morgan fingerprint density at radius 1 is 0.593 bits per heavy atom. The topological polar surface area (TPSA) is 159 Å². The van der Waals surface area contributed by atoms with Gasteiger partial charge in [0.05, 0.1) is 49.1 Å². The minimum atomic E-state index is -0.434. The first-order valence-corrected chi connectivity index (χ1v) is 30.7. The zero-order valence-electron chi connectivity index (χ0n) is 51.3. The summed E-state index contributed by atoms with van der Waals surface area (Å²) < 4.78 is 56.1. The van der Waals surface area contributed by atoms with E-state index >= 15 is 0 Å². The van der Waals surface area contributed by atoms with Crippen LogP contribution in [0.3, 0.4) is 0 Å². The summed E-state index contributed by atoms with van der Waals surface area (Å²) in [5.74, 6) is 0.709. The van der Waals surface area contributed by atoms with E-state index in [0.717, 1.165) is 86.2 Å². The fourth-order valence-corrected chi connectivity index (χ4v) is 14.1. The molecule has 2 amide bonds. The zero-order chi connectivity index (χ0) is 60.6. The minimum Gasteiger partial charge on any atom is -0.491 e. The molecule has 18 nitrogen and oxygen atoms in total. The van der Waals surface area contributed by atoms with Gasteiger partial charge in [-0.15, -0.1) is 0 Å². The van der Waals surface area contributed by atoms with Crippen molar-refractivity contribution >= 4 is 23.2 Å². The van der Waals surface area contributed by atoms with Crippen LogP contribution < -0.4 is 41.0 Å². The normalized spacial score (nSPS) is 24.4. The van der Waals surface area contributed by atoms with Gasteiger partial charge in [-0.2, -0.15) is 0 Å². The number of pyridine rings is 2. The number of carbonyl (C=O) groups excluding carboxylic acids is 2. The van der Waals surface area contributed by atoms with E-state index in [1.165, 1.54) is 24.3 Å². The van der Waals surface area contributed by atoms with Gasteiger partial charge < -0.3 is 48.5 Å². The summed E-state index contributed by atoms with van der Waals surface area (Å²) in [7, 11) is 3.57. The molecule has 6 atom stereocenters. The average Bonchev–Trinajstić information content (AvgIpc) is 1.69. The second kappa shape index (κ2) is 25.8. The first kappa shape index (κ1) is 61.3. The lowest BCUT2D eigenvalue weighted by Crippen LogP contribution is -2.61. The number of rotatable bonds is 18. The number of fused-ring (bicyclic) bond motifs is 2. The molecular weight excluding hydrogens is 1100 g/mol. The number of aromatic nitrogens is 2. The molecule has 2 N–H and O–H groups in total. The van der Waals surface area contributed by atoms with Gasteiger partial charge in [0.2, 0.25) is 11.8 Å². The molecule has 5 aromatic rings. The smallest absolute Gasteiger partial charge is 0.254 e. The molecule has 4 saturated heterocycles. The van der Waals surface area contributed by atoms with E-state index in [1.807, 2.05) is 46.2 Å². The molecular formula is C66H86F2N10O8. The lowest BCUT2D eigenvalue weighted by molar-refractivity contribution is -0.121. The van der Waals surface area contributed by atoms with Crippen molar-refractivity contribution in [1.82, 2.24) is 39.4 Å². The van der Waals surface area contributed by atoms with Crippen molar-refractivity contribution in [2.75, 3.05) is 128 Å². The fraction of sp³-hybridized carbons (Fsp3) is 0.545. The largest absolute Gasteiger partial charge is 0.491 e. The molecule has 4 fully saturated rings. The second-order valence-electron chi connectivity index (χ2n) is 26.3. The Balaban J connectivity index is 0.658. The van der Waals surface area contributed by atoms with Gasteiger partial charge in [-0.1, -0.05) is 58.0 Å². The summed E-state index contributed by atoms with van der Waals surface area (Å²) in [6.07, 6.45) is 0.355. The Kier molecular flexibility index (Phi) is 18.4. The lowest BCUT2D eigenvalue weighted by atomic mass is 9.90. The van der Waals surface area contributed by atoms with Crippen molar-refractivity contribution in [2.45, 2.75) is 102 Å². The number of nitrogens with zero attached hydrogens (tertiary/aromatic N) is 8. The van der Waals surface area contributed by atoms with Crippen LogP contribution in [0.2, 0.25) is 0 Å².